The van der Waals surface area contributed by atoms with Gasteiger partial charge in [-0.15, -0.1) is 0 Å². The molecule has 0 atom stereocenters. The molecule has 1 aromatic rings. The molecule has 0 saturated carbocycles. The summed E-state index contributed by atoms with van der Waals surface area (Å²) in [4.78, 5) is 0. The van der Waals surface area contributed by atoms with Crippen LogP contribution in [0.5, 0.6) is 5.75 Å². The molecule has 0 spiro atoms. The first kappa shape index (κ1) is 17.0. The summed E-state index contributed by atoms with van der Waals surface area (Å²) in [6.45, 7) is 6.67. The number of methoxy groups -OCH3 is 1. The third kappa shape index (κ3) is 6.37. The smallest absolute Gasteiger partial charge is 0.123 e. The van der Waals surface area contributed by atoms with Gasteiger partial charge >= 0.3 is 0 Å². The molecule has 0 unspecified atom stereocenters. The van der Waals surface area contributed by atoms with Gasteiger partial charge in [-0.05, 0) is 26.3 Å². The molecule has 4 nitrogen and oxygen atoms in total. The maximum atomic E-state index is 5.71. The van der Waals surface area contributed by atoms with Crippen molar-refractivity contribution in [2.24, 2.45) is 5.73 Å². The van der Waals surface area contributed by atoms with Crippen LogP contribution in [-0.2, 0) is 16.0 Å². The second kappa shape index (κ2) is 8.95. The van der Waals surface area contributed by atoms with Crippen molar-refractivity contribution >= 4 is 0 Å². The van der Waals surface area contributed by atoms with Gasteiger partial charge in [0, 0.05) is 38.9 Å². The van der Waals surface area contributed by atoms with Gasteiger partial charge in [0.05, 0.1) is 12.2 Å². The van der Waals surface area contributed by atoms with Gasteiger partial charge in [0.1, 0.15) is 5.75 Å². The fourth-order valence-electron chi connectivity index (χ4n) is 1.68. The highest BCUT2D eigenvalue weighted by Gasteiger charge is 2.15. The van der Waals surface area contributed by atoms with Gasteiger partial charge in [-0.2, -0.15) is 0 Å². The molecule has 0 aliphatic heterocycles. The number of benzene rings is 1. The van der Waals surface area contributed by atoms with E-state index >= 15 is 0 Å². The van der Waals surface area contributed by atoms with E-state index in [-0.39, 0.29) is 5.60 Å². The van der Waals surface area contributed by atoms with Crippen molar-refractivity contribution < 1.29 is 14.2 Å². The van der Waals surface area contributed by atoms with E-state index in [4.69, 9.17) is 19.9 Å². The monoisotopic (exact) mass is 281 g/mol. The number of para-hydroxylation sites is 1. The summed E-state index contributed by atoms with van der Waals surface area (Å²) in [7, 11) is 1.72. The minimum absolute atomic E-state index is 0.115. The normalized spacial score (nSPS) is 11.6. The molecule has 0 radical (unpaired) electrons. The zero-order chi connectivity index (χ0) is 14.8. The van der Waals surface area contributed by atoms with Gasteiger partial charge in [-0.1, -0.05) is 18.2 Å². The molecule has 0 aliphatic rings. The van der Waals surface area contributed by atoms with Crippen molar-refractivity contribution in [3.8, 4) is 5.75 Å². The van der Waals surface area contributed by atoms with Crippen LogP contribution < -0.4 is 10.5 Å². The van der Waals surface area contributed by atoms with Crippen LogP contribution >= 0.6 is 0 Å². The molecule has 0 amide bonds. The molecular weight excluding hydrogens is 254 g/mol. The molecule has 20 heavy (non-hydrogen) atoms. The van der Waals surface area contributed by atoms with Gasteiger partial charge in [0.15, 0.2) is 0 Å². The van der Waals surface area contributed by atoms with Crippen molar-refractivity contribution in [1.82, 2.24) is 0 Å². The summed E-state index contributed by atoms with van der Waals surface area (Å²) >= 11 is 0. The quantitative estimate of drug-likeness (QED) is 0.670. The summed E-state index contributed by atoms with van der Waals surface area (Å²) in [5.41, 5.74) is 6.58. The Morgan fingerprint density at radius 2 is 1.85 bits per heavy atom. The average molecular weight is 281 g/mol. The molecule has 0 bridgehead atoms. The lowest BCUT2D eigenvalue weighted by atomic mass is 10.1. The lowest BCUT2D eigenvalue weighted by Crippen LogP contribution is -2.24. The van der Waals surface area contributed by atoms with Crippen LogP contribution in [0.2, 0.25) is 0 Å². The molecule has 0 aromatic heterocycles. The standard InChI is InChI=1S/C16H27NO3/c1-16(2,18-3)9-12-19-10-6-11-20-15-8-5-4-7-14(15)13-17/h4-5,7-8H,6,9-13,17H2,1-3H3. The largest absolute Gasteiger partial charge is 0.493 e. The Hall–Kier alpha value is -1.10. The molecule has 4 heteroatoms. The van der Waals surface area contributed by atoms with E-state index in [0.29, 0.717) is 26.4 Å². The van der Waals surface area contributed by atoms with Crippen LogP contribution in [0, 0.1) is 0 Å². The summed E-state index contributed by atoms with van der Waals surface area (Å²) in [6, 6.07) is 7.86. The second-order valence-electron chi connectivity index (χ2n) is 5.34. The fraction of sp³-hybridized carbons (Fsp3) is 0.625. The van der Waals surface area contributed by atoms with Crippen LogP contribution in [0.25, 0.3) is 0 Å². The van der Waals surface area contributed by atoms with E-state index in [0.717, 1.165) is 24.2 Å². The van der Waals surface area contributed by atoms with E-state index in [9.17, 15) is 0 Å². The predicted molar refractivity (Wildman–Crippen MR) is 81.0 cm³/mol. The summed E-state index contributed by atoms with van der Waals surface area (Å²) in [5, 5.41) is 0. The van der Waals surface area contributed by atoms with Crippen LogP contribution in [0.15, 0.2) is 24.3 Å². The Labute approximate surface area is 122 Å². The highest BCUT2D eigenvalue weighted by molar-refractivity contribution is 5.32. The number of nitrogens with two attached hydrogens (primary N) is 1. The molecule has 2 N–H and O–H groups in total. The maximum Gasteiger partial charge on any atom is 0.123 e. The van der Waals surface area contributed by atoms with Crippen molar-refractivity contribution in [2.75, 3.05) is 26.9 Å². The number of ether oxygens (including phenoxy) is 3. The number of hydrogen-bond acceptors (Lipinski definition) is 4. The Morgan fingerprint density at radius 1 is 1.10 bits per heavy atom. The molecule has 0 fully saturated rings. The van der Waals surface area contributed by atoms with Gasteiger partial charge in [-0.25, -0.2) is 0 Å². The van der Waals surface area contributed by atoms with Crippen LogP contribution in [0.4, 0.5) is 0 Å². The molecule has 0 saturated heterocycles. The number of hydrogen-bond donors (Lipinski definition) is 1. The van der Waals surface area contributed by atoms with E-state index < -0.39 is 0 Å². The van der Waals surface area contributed by atoms with Gasteiger partial charge in [-0.3, -0.25) is 0 Å². The highest BCUT2D eigenvalue weighted by atomic mass is 16.5. The topological polar surface area (TPSA) is 53.7 Å². The summed E-state index contributed by atoms with van der Waals surface area (Å²) in [5.74, 6) is 0.871. The molecule has 0 heterocycles. The first-order chi connectivity index (χ1) is 9.59. The lowest BCUT2D eigenvalue weighted by molar-refractivity contribution is -0.0107. The Bertz CT molecular complexity index is 380. The summed E-state index contributed by atoms with van der Waals surface area (Å²) in [6.07, 6.45) is 1.76. The van der Waals surface area contributed by atoms with Gasteiger partial charge in [0.25, 0.3) is 0 Å². The average Bonchev–Trinajstić information content (AvgIpc) is 2.46. The number of rotatable bonds is 10. The van der Waals surface area contributed by atoms with Crippen LogP contribution in [0.3, 0.4) is 0 Å². The molecular formula is C16H27NO3. The van der Waals surface area contributed by atoms with E-state index in [2.05, 4.69) is 13.8 Å². The SMILES string of the molecule is COC(C)(C)CCOCCCOc1ccccc1CN. The molecule has 114 valence electrons. The van der Waals surface area contributed by atoms with Crippen LogP contribution in [-0.4, -0.2) is 32.5 Å². The molecule has 0 aliphatic carbocycles. The lowest BCUT2D eigenvalue weighted by Gasteiger charge is -2.22. The predicted octanol–water partition coefficient (Wildman–Crippen LogP) is 2.75. The second-order valence-corrected chi connectivity index (χ2v) is 5.34. The van der Waals surface area contributed by atoms with E-state index in [1.165, 1.54) is 0 Å². The van der Waals surface area contributed by atoms with Crippen molar-refractivity contribution in [2.45, 2.75) is 38.8 Å². The van der Waals surface area contributed by atoms with Crippen molar-refractivity contribution in [3.63, 3.8) is 0 Å². The van der Waals surface area contributed by atoms with Crippen molar-refractivity contribution in [3.05, 3.63) is 29.8 Å². The molecule has 1 aromatic carbocycles. The van der Waals surface area contributed by atoms with Crippen molar-refractivity contribution in [1.29, 1.82) is 0 Å². The first-order valence-electron chi connectivity index (χ1n) is 7.13. The third-order valence-electron chi connectivity index (χ3n) is 3.28. The van der Waals surface area contributed by atoms with Crippen LogP contribution in [0.1, 0.15) is 32.3 Å². The Kier molecular flexibility index (Phi) is 7.59. The van der Waals surface area contributed by atoms with Gasteiger partial charge < -0.3 is 19.9 Å². The molecule has 1 rings (SSSR count). The minimum Gasteiger partial charge on any atom is -0.493 e. The van der Waals surface area contributed by atoms with E-state index in [1.807, 2.05) is 24.3 Å². The third-order valence-corrected chi connectivity index (χ3v) is 3.28. The van der Waals surface area contributed by atoms with E-state index in [1.54, 1.807) is 7.11 Å². The Morgan fingerprint density at radius 3 is 2.55 bits per heavy atom. The zero-order valence-electron chi connectivity index (χ0n) is 12.9. The fourth-order valence-corrected chi connectivity index (χ4v) is 1.68. The van der Waals surface area contributed by atoms with Gasteiger partial charge in [0.2, 0.25) is 0 Å². The first-order valence-corrected chi connectivity index (χ1v) is 7.13. The zero-order valence-corrected chi connectivity index (χ0v) is 12.9. The highest BCUT2D eigenvalue weighted by Crippen LogP contribution is 2.17. The maximum absolute atomic E-state index is 5.71. The minimum atomic E-state index is -0.115. The Balaban J connectivity index is 2.11. The summed E-state index contributed by atoms with van der Waals surface area (Å²) < 4.78 is 16.6.